The Balaban J connectivity index is 2.12. The number of benzene rings is 1. The van der Waals surface area contributed by atoms with Gasteiger partial charge in [-0.05, 0) is 31.0 Å². The van der Waals surface area contributed by atoms with Crippen molar-refractivity contribution in [3.8, 4) is 0 Å². The van der Waals surface area contributed by atoms with Gasteiger partial charge in [-0.3, -0.25) is 0 Å². The van der Waals surface area contributed by atoms with Crippen LogP contribution in [0.2, 0.25) is 10.0 Å². The van der Waals surface area contributed by atoms with E-state index < -0.39 is 0 Å². The first-order valence-electron chi connectivity index (χ1n) is 6.42. The Kier molecular flexibility index (Phi) is 4.54. The molecule has 0 saturated carbocycles. The van der Waals surface area contributed by atoms with Gasteiger partial charge in [-0.2, -0.15) is 0 Å². The smallest absolute Gasteiger partial charge is 0.0965 e. The lowest BCUT2D eigenvalue weighted by molar-refractivity contribution is -0.0374. The Hall–Kier alpha value is -0.280. The molecule has 1 saturated heterocycles. The molecule has 4 heteroatoms. The van der Waals surface area contributed by atoms with E-state index in [1.54, 1.807) is 6.07 Å². The highest BCUT2D eigenvalue weighted by molar-refractivity contribution is 6.33. The van der Waals surface area contributed by atoms with Crippen molar-refractivity contribution >= 4 is 23.2 Å². The number of nitrogens with one attached hydrogen (secondary N) is 1. The summed E-state index contributed by atoms with van der Waals surface area (Å²) in [6.45, 7) is 5.87. The van der Waals surface area contributed by atoms with Gasteiger partial charge in [-0.25, -0.2) is 0 Å². The molecule has 0 spiro atoms. The van der Waals surface area contributed by atoms with Crippen molar-refractivity contribution in [3.63, 3.8) is 0 Å². The number of ether oxygens (including phenoxy) is 1. The first-order chi connectivity index (χ1) is 8.60. The zero-order valence-corrected chi connectivity index (χ0v) is 12.3. The summed E-state index contributed by atoms with van der Waals surface area (Å²) in [6.07, 6.45) is 2.13. The molecule has 1 fully saturated rings. The molecule has 1 aromatic rings. The monoisotopic (exact) mass is 287 g/mol. The average molecular weight is 288 g/mol. The van der Waals surface area contributed by atoms with Gasteiger partial charge in [0, 0.05) is 27.7 Å². The van der Waals surface area contributed by atoms with Gasteiger partial charge in [0.2, 0.25) is 0 Å². The van der Waals surface area contributed by atoms with Crippen LogP contribution in [-0.4, -0.2) is 18.7 Å². The van der Waals surface area contributed by atoms with Crippen LogP contribution in [0.25, 0.3) is 0 Å². The van der Waals surface area contributed by atoms with Gasteiger partial charge in [0.1, 0.15) is 0 Å². The molecule has 2 rings (SSSR count). The third-order valence-electron chi connectivity index (χ3n) is 3.88. The minimum absolute atomic E-state index is 0.0116. The molecule has 18 heavy (non-hydrogen) atoms. The van der Waals surface area contributed by atoms with E-state index in [4.69, 9.17) is 27.9 Å². The van der Waals surface area contributed by atoms with Crippen LogP contribution in [0.1, 0.15) is 38.4 Å². The fourth-order valence-electron chi connectivity index (χ4n) is 2.34. The van der Waals surface area contributed by atoms with E-state index in [0.717, 1.165) is 24.9 Å². The van der Waals surface area contributed by atoms with Crippen LogP contribution in [0.15, 0.2) is 18.2 Å². The van der Waals surface area contributed by atoms with Crippen molar-refractivity contribution in [2.75, 3.05) is 13.2 Å². The fourth-order valence-corrected chi connectivity index (χ4v) is 2.76. The number of hydrogen-bond acceptors (Lipinski definition) is 2. The Morgan fingerprint density at radius 3 is 2.61 bits per heavy atom. The number of morpholine rings is 1. The predicted molar refractivity (Wildman–Crippen MR) is 76.5 cm³/mol. The molecule has 0 aliphatic carbocycles. The van der Waals surface area contributed by atoms with E-state index in [9.17, 15) is 0 Å². The van der Waals surface area contributed by atoms with Crippen molar-refractivity contribution < 1.29 is 4.74 Å². The number of hydrogen-bond donors (Lipinski definition) is 1. The van der Waals surface area contributed by atoms with Gasteiger partial charge in [0.05, 0.1) is 12.7 Å². The van der Waals surface area contributed by atoms with Crippen LogP contribution >= 0.6 is 23.2 Å². The maximum atomic E-state index is 6.20. The van der Waals surface area contributed by atoms with E-state index in [0.29, 0.717) is 16.7 Å². The fraction of sp³-hybridized carbons (Fsp3) is 0.571. The second-order valence-corrected chi connectivity index (χ2v) is 5.68. The number of halogens is 2. The van der Waals surface area contributed by atoms with Crippen LogP contribution in [0, 0.1) is 0 Å². The van der Waals surface area contributed by atoms with Crippen LogP contribution in [0.4, 0.5) is 0 Å². The van der Waals surface area contributed by atoms with Gasteiger partial charge in [0.15, 0.2) is 0 Å². The summed E-state index contributed by atoms with van der Waals surface area (Å²) in [5, 5.41) is 5.01. The molecule has 0 amide bonds. The van der Waals surface area contributed by atoms with Gasteiger partial charge in [-0.15, -0.1) is 0 Å². The Morgan fingerprint density at radius 2 is 2.06 bits per heavy atom. The minimum Gasteiger partial charge on any atom is -0.370 e. The van der Waals surface area contributed by atoms with Gasteiger partial charge in [-0.1, -0.05) is 37.0 Å². The van der Waals surface area contributed by atoms with Crippen LogP contribution < -0.4 is 5.32 Å². The van der Waals surface area contributed by atoms with E-state index in [2.05, 4.69) is 19.2 Å². The predicted octanol–water partition coefficient (Wildman–Crippen LogP) is 4.21. The highest BCUT2D eigenvalue weighted by atomic mass is 35.5. The SMILES string of the molecule is CCC1(CC)COC(c2cc(Cl)ccc2Cl)CN1. The van der Waals surface area contributed by atoms with Crippen LogP contribution in [0.5, 0.6) is 0 Å². The van der Waals surface area contributed by atoms with E-state index in [-0.39, 0.29) is 11.6 Å². The minimum atomic E-state index is -0.0116. The second-order valence-electron chi connectivity index (χ2n) is 4.83. The molecule has 1 aliphatic rings. The summed E-state index contributed by atoms with van der Waals surface area (Å²) in [6, 6.07) is 5.51. The lowest BCUT2D eigenvalue weighted by Gasteiger charge is -2.40. The third-order valence-corrected chi connectivity index (χ3v) is 4.46. The van der Waals surface area contributed by atoms with Crippen molar-refractivity contribution in [1.29, 1.82) is 0 Å². The average Bonchev–Trinajstić information content (AvgIpc) is 2.42. The van der Waals surface area contributed by atoms with Gasteiger partial charge in [0.25, 0.3) is 0 Å². The van der Waals surface area contributed by atoms with Gasteiger partial charge >= 0.3 is 0 Å². The Morgan fingerprint density at radius 1 is 1.33 bits per heavy atom. The summed E-state index contributed by atoms with van der Waals surface area (Å²) >= 11 is 12.2. The summed E-state index contributed by atoms with van der Waals surface area (Å²) in [7, 11) is 0. The Bertz CT molecular complexity index is 408. The lowest BCUT2D eigenvalue weighted by Crippen LogP contribution is -2.54. The molecule has 1 heterocycles. The summed E-state index contributed by atoms with van der Waals surface area (Å²) in [5.74, 6) is 0. The largest absolute Gasteiger partial charge is 0.370 e. The third kappa shape index (κ3) is 2.83. The molecule has 1 atom stereocenters. The quantitative estimate of drug-likeness (QED) is 0.899. The summed E-state index contributed by atoms with van der Waals surface area (Å²) in [4.78, 5) is 0. The normalized spacial score (nSPS) is 23.0. The van der Waals surface area contributed by atoms with Crippen molar-refractivity contribution in [1.82, 2.24) is 5.32 Å². The highest BCUT2D eigenvalue weighted by Gasteiger charge is 2.33. The zero-order chi connectivity index (χ0) is 13.2. The van der Waals surface area contributed by atoms with Crippen molar-refractivity contribution in [3.05, 3.63) is 33.8 Å². The molecule has 1 aliphatic heterocycles. The van der Waals surface area contributed by atoms with Crippen LogP contribution in [0.3, 0.4) is 0 Å². The molecule has 2 nitrogen and oxygen atoms in total. The molecule has 1 N–H and O–H groups in total. The summed E-state index contributed by atoms with van der Waals surface area (Å²) in [5.41, 5.74) is 1.08. The molecular formula is C14H19Cl2NO. The summed E-state index contributed by atoms with van der Waals surface area (Å²) < 4.78 is 5.99. The molecule has 1 unspecified atom stereocenters. The van der Waals surface area contributed by atoms with Crippen molar-refractivity contribution in [2.45, 2.75) is 38.3 Å². The topological polar surface area (TPSA) is 21.3 Å². The lowest BCUT2D eigenvalue weighted by atomic mass is 9.91. The second kappa shape index (κ2) is 5.79. The molecule has 1 aromatic carbocycles. The maximum absolute atomic E-state index is 6.20. The first-order valence-corrected chi connectivity index (χ1v) is 7.17. The first kappa shape index (κ1) is 14.1. The van der Waals surface area contributed by atoms with Gasteiger partial charge < -0.3 is 10.1 Å². The molecule has 0 aromatic heterocycles. The Labute approximate surface area is 119 Å². The van der Waals surface area contributed by atoms with E-state index in [1.165, 1.54) is 0 Å². The highest BCUT2D eigenvalue weighted by Crippen LogP contribution is 2.32. The maximum Gasteiger partial charge on any atom is 0.0965 e. The van der Waals surface area contributed by atoms with E-state index >= 15 is 0 Å². The van der Waals surface area contributed by atoms with Crippen LogP contribution in [-0.2, 0) is 4.74 Å². The zero-order valence-electron chi connectivity index (χ0n) is 10.8. The number of rotatable bonds is 3. The van der Waals surface area contributed by atoms with Crippen molar-refractivity contribution in [2.24, 2.45) is 0 Å². The molecule has 0 bridgehead atoms. The molecule has 100 valence electrons. The molecular weight excluding hydrogens is 269 g/mol. The van der Waals surface area contributed by atoms with E-state index in [1.807, 2.05) is 12.1 Å². The standard InChI is InChI=1S/C14H19Cl2NO/c1-3-14(4-2)9-18-13(8-17-14)11-7-10(15)5-6-12(11)16/h5-7,13,17H,3-4,8-9H2,1-2H3. The molecule has 0 radical (unpaired) electrons.